The molecule has 1 aromatic carbocycles. The number of benzene rings is 1. The van der Waals surface area contributed by atoms with Gasteiger partial charge >= 0.3 is 5.97 Å². The molecular formula is C15H16F2N2O2. The lowest BCUT2D eigenvalue weighted by Gasteiger charge is -2.14. The molecule has 1 N–H and O–H groups in total. The standard InChI is InChI=1S/C15H16F2N2O2/c1-21-14(20)10-2-3-12-11(7-18-13(12)6-10)8-19-5-4-15(16,17)9-19/h2-3,6-7,18H,4-5,8-9H2,1H3. The highest BCUT2D eigenvalue weighted by atomic mass is 19.3. The molecular weight excluding hydrogens is 278 g/mol. The zero-order chi connectivity index (χ0) is 15.0. The van der Waals surface area contributed by atoms with Crippen molar-refractivity contribution >= 4 is 16.9 Å². The second-order valence-electron chi connectivity index (χ2n) is 5.38. The number of carbonyl (C=O) groups excluding carboxylic acids is 1. The van der Waals surface area contributed by atoms with E-state index in [4.69, 9.17) is 0 Å². The van der Waals surface area contributed by atoms with E-state index < -0.39 is 11.9 Å². The number of halogens is 2. The summed E-state index contributed by atoms with van der Waals surface area (Å²) in [7, 11) is 1.33. The third kappa shape index (κ3) is 2.76. The van der Waals surface area contributed by atoms with Crippen molar-refractivity contribution in [1.29, 1.82) is 0 Å². The molecule has 2 aromatic rings. The third-order valence-corrected chi connectivity index (χ3v) is 3.83. The summed E-state index contributed by atoms with van der Waals surface area (Å²) in [6.07, 6.45) is 1.73. The number of alkyl halides is 2. The second-order valence-corrected chi connectivity index (χ2v) is 5.38. The highest BCUT2D eigenvalue weighted by Gasteiger charge is 2.38. The fourth-order valence-electron chi connectivity index (χ4n) is 2.74. The van der Waals surface area contributed by atoms with Gasteiger partial charge in [-0.2, -0.15) is 0 Å². The van der Waals surface area contributed by atoms with E-state index in [-0.39, 0.29) is 13.0 Å². The molecule has 2 heterocycles. The number of aromatic amines is 1. The minimum atomic E-state index is -2.58. The number of carbonyl (C=O) groups is 1. The maximum Gasteiger partial charge on any atom is 0.337 e. The Hall–Kier alpha value is -1.95. The van der Waals surface area contributed by atoms with E-state index in [0.29, 0.717) is 18.7 Å². The lowest BCUT2D eigenvalue weighted by Crippen LogP contribution is -2.24. The minimum Gasteiger partial charge on any atom is -0.465 e. The number of likely N-dealkylation sites (tertiary alicyclic amines) is 1. The van der Waals surface area contributed by atoms with Crippen LogP contribution in [0.1, 0.15) is 22.3 Å². The molecule has 1 fully saturated rings. The number of hydrogen-bond donors (Lipinski definition) is 1. The molecule has 4 nitrogen and oxygen atoms in total. The quantitative estimate of drug-likeness (QED) is 0.885. The normalized spacial score (nSPS) is 18.2. The molecule has 0 amide bonds. The topological polar surface area (TPSA) is 45.3 Å². The van der Waals surface area contributed by atoms with Gasteiger partial charge in [-0.05, 0) is 17.7 Å². The molecule has 21 heavy (non-hydrogen) atoms. The minimum absolute atomic E-state index is 0.0815. The smallest absolute Gasteiger partial charge is 0.337 e. The number of H-pyrrole nitrogens is 1. The van der Waals surface area contributed by atoms with Crippen LogP contribution in [-0.2, 0) is 11.3 Å². The third-order valence-electron chi connectivity index (χ3n) is 3.83. The zero-order valence-electron chi connectivity index (χ0n) is 11.7. The number of aromatic nitrogens is 1. The molecule has 1 aliphatic rings. The molecule has 1 aromatic heterocycles. The highest BCUT2D eigenvalue weighted by Crippen LogP contribution is 2.29. The number of nitrogens with zero attached hydrogens (tertiary/aromatic N) is 1. The van der Waals surface area contributed by atoms with Crippen molar-refractivity contribution in [2.45, 2.75) is 18.9 Å². The van der Waals surface area contributed by atoms with E-state index in [1.165, 1.54) is 7.11 Å². The Balaban J connectivity index is 1.83. The Bertz CT molecular complexity index is 681. The number of ether oxygens (including phenoxy) is 1. The molecule has 1 aliphatic heterocycles. The van der Waals surface area contributed by atoms with Gasteiger partial charge in [-0.25, -0.2) is 13.6 Å². The Kier molecular flexibility index (Phi) is 3.41. The predicted molar refractivity (Wildman–Crippen MR) is 74.5 cm³/mol. The Labute approximate surface area is 120 Å². The first kappa shape index (κ1) is 14.0. The van der Waals surface area contributed by atoms with Crippen LogP contribution < -0.4 is 0 Å². The van der Waals surface area contributed by atoms with E-state index in [9.17, 15) is 13.6 Å². The Morgan fingerprint density at radius 2 is 2.29 bits per heavy atom. The molecule has 3 rings (SSSR count). The average Bonchev–Trinajstić information content (AvgIpc) is 3.01. The van der Waals surface area contributed by atoms with E-state index in [1.807, 2.05) is 12.3 Å². The van der Waals surface area contributed by atoms with Crippen LogP contribution in [0.5, 0.6) is 0 Å². The van der Waals surface area contributed by atoms with Crippen LogP contribution in [0.25, 0.3) is 10.9 Å². The van der Waals surface area contributed by atoms with Gasteiger partial charge in [0.05, 0.1) is 19.2 Å². The number of nitrogens with one attached hydrogen (secondary N) is 1. The number of methoxy groups -OCH3 is 1. The summed E-state index contributed by atoms with van der Waals surface area (Å²) in [6, 6.07) is 5.22. The summed E-state index contributed by atoms with van der Waals surface area (Å²) < 4.78 is 31.1. The average molecular weight is 294 g/mol. The van der Waals surface area contributed by atoms with Crippen molar-refractivity contribution < 1.29 is 18.3 Å². The monoisotopic (exact) mass is 294 g/mol. The summed E-state index contributed by atoms with van der Waals surface area (Å²) in [5.74, 6) is -2.98. The summed E-state index contributed by atoms with van der Waals surface area (Å²) in [4.78, 5) is 16.3. The fourth-order valence-corrected chi connectivity index (χ4v) is 2.74. The lowest BCUT2D eigenvalue weighted by molar-refractivity contribution is 0.0115. The Morgan fingerprint density at radius 3 is 2.95 bits per heavy atom. The molecule has 0 saturated carbocycles. The van der Waals surface area contributed by atoms with E-state index in [2.05, 4.69) is 9.72 Å². The van der Waals surface area contributed by atoms with Crippen LogP contribution in [-0.4, -0.2) is 42.0 Å². The number of hydrogen-bond acceptors (Lipinski definition) is 3. The van der Waals surface area contributed by atoms with Crippen molar-refractivity contribution in [3.63, 3.8) is 0 Å². The van der Waals surface area contributed by atoms with Crippen LogP contribution in [0.3, 0.4) is 0 Å². The maximum absolute atomic E-state index is 13.2. The highest BCUT2D eigenvalue weighted by molar-refractivity contribution is 5.95. The van der Waals surface area contributed by atoms with Gasteiger partial charge in [-0.15, -0.1) is 0 Å². The van der Waals surface area contributed by atoms with Crippen molar-refractivity contribution in [2.75, 3.05) is 20.2 Å². The molecule has 1 saturated heterocycles. The molecule has 0 unspecified atom stereocenters. The zero-order valence-corrected chi connectivity index (χ0v) is 11.7. The van der Waals surface area contributed by atoms with E-state index in [0.717, 1.165) is 16.5 Å². The second kappa shape index (κ2) is 5.11. The Morgan fingerprint density at radius 1 is 1.48 bits per heavy atom. The predicted octanol–water partition coefficient (Wildman–Crippen LogP) is 2.80. The molecule has 112 valence electrons. The SMILES string of the molecule is COC(=O)c1ccc2c(CN3CCC(F)(F)C3)c[nH]c2c1. The van der Waals surface area contributed by atoms with Gasteiger partial charge in [-0.1, -0.05) is 6.07 Å². The number of rotatable bonds is 3. The summed E-state index contributed by atoms with van der Waals surface area (Å²) in [6.45, 7) is 0.687. The van der Waals surface area contributed by atoms with Crippen molar-refractivity contribution in [1.82, 2.24) is 9.88 Å². The number of esters is 1. The maximum atomic E-state index is 13.2. The van der Waals surface area contributed by atoms with Crippen LogP contribution in [0.15, 0.2) is 24.4 Å². The van der Waals surface area contributed by atoms with Crippen molar-refractivity contribution in [3.05, 3.63) is 35.5 Å². The van der Waals surface area contributed by atoms with Crippen LogP contribution >= 0.6 is 0 Å². The van der Waals surface area contributed by atoms with Crippen molar-refractivity contribution in [3.8, 4) is 0 Å². The van der Waals surface area contributed by atoms with Gasteiger partial charge in [0.15, 0.2) is 0 Å². The molecule has 0 atom stereocenters. The first-order chi connectivity index (χ1) is 9.98. The van der Waals surface area contributed by atoms with Crippen molar-refractivity contribution in [2.24, 2.45) is 0 Å². The largest absolute Gasteiger partial charge is 0.465 e. The summed E-state index contributed by atoms with van der Waals surface area (Å²) >= 11 is 0. The molecule has 0 bridgehead atoms. The van der Waals surface area contributed by atoms with Gasteiger partial charge in [0.1, 0.15) is 0 Å². The van der Waals surface area contributed by atoms with Crippen LogP contribution in [0.4, 0.5) is 8.78 Å². The summed E-state index contributed by atoms with van der Waals surface area (Å²) in [5, 5.41) is 0.942. The fraction of sp³-hybridized carbons (Fsp3) is 0.400. The van der Waals surface area contributed by atoms with Gasteiger partial charge in [-0.3, -0.25) is 4.90 Å². The first-order valence-corrected chi connectivity index (χ1v) is 6.77. The summed E-state index contributed by atoms with van der Waals surface area (Å²) in [5.41, 5.74) is 2.23. The first-order valence-electron chi connectivity index (χ1n) is 6.77. The molecule has 0 radical (unpaired) electrons. The molecule has 0 spiro atoms. The lowest BCUT2D eigenvalue weighted by atomic mass is 10.1. The molecule has 0 aliphatic carbocycles. The van der Waals surface area contributed by atoms with Gasteiger partial charge in [0.2, 0.25) is 0 Å². The van der Waals surface area contributed by atoms with E-state index >= 15 is 0 Å². The van der Waals surface area contributed by atoms with E-state index in [1.54, 1.807) is 17.0 Å². The van der Waals surface area contributed by atoms with Crippen LogP contribution in [0.2, 0.25) is 0 Å². The van der Waals surface area contributed by atoms with Gasteiger partial charge < -0.3 is 9.72 Å². The van der Waals surface area contributed by atoms with Gasteiger partial charge in [0.25, 0.3) is 5.92 Å². The van der Waals surface area contributed by atoms with Crippen LogP contribution in [0, 0.1) is 0 Å². The van der Waals surface area contributed by atoms with Gasteiger partial charge in [0, 0.05) is 36.6 Å². The molecule has 6 heteroatoms. The number of fused-ring (bicyclic) bond motifs is 1.